The molecule has 80 valence electrons. The fourth-order valence-corrected chi connectivity index (χ4v) is 1.25. The summed E-state index contributed by atoms with van der Waals surface area (Å²) < 4.78 is 0. The zero-order valence-electron chi connectivity index (χ0n) is 9.54. The fraction of sp³-hybridized carbons (Fsp3) is 0.571. The number of hydrogen-bond donors (Lipinski definition) is 0. The van der Waals surface area contributed by atoms with Gasteiger partial charge in [0, 0.05) is 0 Å². The van der Waals surface area contributed by atoms with Crippen molar-refractivity contribution in [2.24, 2.45) is 0 Å². The molecule has 0 radical (unpaired) electrons. The second-order valence-electron chi connectivity index (χ2n) is 3.57. The third kappa shape index (κ3) is 11.2. The standard InChI is InChI=1S/C14H24/c1-3-5-7-9-11-13-14-12-10-8-6-4-2/h3,9,11,13-14H,1,4-8,10,12H2,2H3. The van der Waals surface area contributed by atoms with Crippen LogP contribution in [0.15, 0.2) is 37.0 Å². The van der Waals surface area contributed by atoms with E-state index in [0.29, 0.717) is 0 Å². The summed E-state index contributed by atoms with van der Waals surface area (Å²) in [5.74, 6) is 0. The molecule has 0 aromatic rings. The molecule has 0 N–H and O–H groups in total. The average Bonchev–Trinajstić information content (AvgIpc) is 2.21. The van der Waals surface area contributed by atoms with Crippen molar-refractivity contribution in [2.75, 3.05) is 0 Å². The molecule has 0 spiro atoms. The van der Waals surface area contributed by atoms with Gasteiger partial charge in [0.15, 0.2) is 0 Å². The van der Waals surface area contributed by atoms with Gasteiger partial charge in [-0.3, -0.25) is 0 Å². The summed E-state index contributed by atoms with van der Waals surface area (Å²) in [7, 11) is 0. The van der Waals surface area contributed by atoms with Crippen LogP contribution >= 0.6 is 0 Å². The first-order valence-corrected chi connectivity index (χ1v) is 5.84. The Labute approximate surface area is 89.4 Å². The van der Waals surface area contributed by atoms with Gasteiger partial charge in [-0.05, 0) is 25.7 Å². The third-order valence-corrected chi connectivity index (χ3v) is 2.15. The Kier molecular flexibility index (Phi) is 11.5. The summed E-state index contributed by atoms with van der Waals surface area (Å²) in [5.41, 5.74) is 0. The minimum atomic E-state index is 1.08. The first-order chi connectivity index (χ1) is 6.91. The van der Waals surface area contributed by atoms with Crippen molar-refractivity contribution in [2.45, 2.75) is 51.9 Å². The van der Waals surface area contributed by atoms with Crippen LogP contribution in [0.1, 0.15) is 51.9 Å². The number of allylic oxidation sites excluding steroid dienone is 5. The average molecular weight is 192 g/mol. The lowest BCUT2D eigenvalue weighted by atomic mass is 10.1. The highest BCUT2D eigenvalue weighted by molar-refractivity contribution is 5.02. The predicted molar refractivity (Wildman–Crippen MR) is 66.5 cm³/mol. The summed E-state index contributed by atoms with van der Waals surface area (Å²) in [6.45, 7) is 5.93. The summed E-state index contributed by atoms with van der Waals surface area (Å²) in [6.07, 6.45) is 19.6. The van der Waals surface area contributed by atoms with Crippen LogP contribution in [-0.2, 0) is 0 Å². The van der Waals surface area contributed by atoms with E-state index in [9.17, 15) is 0 Å². The molecular formula is C14H24. The normalized spacial score (nSPS) is 11.5. The minimum Gasteiger partial charge on any atom is -0.103 e. The summed E-state index contributed by atoms with van der Waals surface area (Å²) >= 11 is 0. The zero-order chi connectivity index (χ0) is 10.5. The van der Waals surface area contributed by atoms with Crippen LogP contribution in [-0.4, -0.2) is 0 Å². The molecule has 0 aromatic heterocycles. The summed E-state index contributed by atoms with van der Waals surface area (Å²) in [5, 5.41) is 0. The topological polar surface area (TPSA) is 0 Å². The van der Waals surface area contributed by atoms with E-state index in [1.54, 1.807) is 0 Å². The Hall–Kier alpha value is -0.780. The maximum atomic E-state index is 3.68. The van der Waals surface area contributed by atoms with Gasteiger partial charge in [0.2, 0.25) is 0 Å². The molecule has 0 rings (SSSR count). The van der Waals surface area contributed by atoms with Crippen LogP contribution in [0.2, 0.25) is 0 Å². The van der Waals surface area contributed by atoms with Crippen LogP contribution in [0, 0.1) is 0 Å². The molecule has 0 saturated heterocycles. The predicted octanol–water partition coefficient (Wildman–Crippen LogP) is 5.04. The molecule has 0 heteroatoms. The van der Waals surface area contributed by atoms with Crippen molar-refractivity contribution in [1.29, 1.82) is 0 Å². The number of rotatable bonds is 9. The Bertz CT molecular complexity index is 163. The summed E-state index contributed by atoms with van der Waals surface area (Å²) in [6, 6.07) is 0. The Morgan fingerprint density at radius 3 is 2.21 bits per heavy atom. The van der Waals surface area contributed by atoms with E-state index in [4.69, 9.17) is 0 Å². The van der Waals surface area contributed by atoms with Gasteiger partial charge in [-0.1, -0.05) is 56.6 Å². The second kappa shape index (κ2) is 12.2. The van der Waals surface area contributed by atoms with E-state index < -0.39 is 0 Å². The van der Waals surface area contributed by atoms with Gasteiger partial charge in [-0.15, -0.1) is 6.58 Å². The molecule has 0 nitrogen and oxygen atoms in total. The Morgan fingerprint density at radius 1 is 0.857 bits per heavy atom. The van der Waals surface area contributed by atoms with Crippen LogP contribution < -0.4 is 0 Å². The molecule has 0 bridgehead atoms. The molecule has 0 aromatic carbocycles. The maximum Gasteiger partial charge on any atom is -0.0313 e. The Balaban J connectivity index is 3.17. The minimum absolute atomic E-state index is 1.08. The van der Waals surface area contributed by atoms with Gasteiger partial charge in [-0.25, -0.2) is 0 Å². The molecule has 0 atom stereocenters. The first kappa shape index (κ1) is 13.2. The van der Waals surface area contributed by atoms with E-state index in [-0.39, 0.29) is 0 Å². The molecule has 0 saturated carbocycles. The molecular weight excluding hydrogens is 168 g/mol. The van der Waals surface area contributed by atoms with Gasteiger partial charge in [0.05, 0.1) is 0 Å². The van der Waals surface area contributed by atoms with E-state index in [0.717, 1.165) is 12.8 Å². The Morgan fingerprint density at radius 2 is 1.57 bits per heavy atom. The number of unbranched alkanes of at least 4 members (excludes halogenated alkanes) is 5. The van der Waals surface area contributed by atoms with Gasteiger partial charge < -0.3 is 0 Å². The van der Waals surface area contributed by atoms with Crippen molar-refractivity contribution in [3.8, 4) is 0 Å². The molecule has 0 heterocycles. The van der Waals surface area contributed by atoms with Crippen molar-refractivity contribution < 1.29 is 0 Å². The molecule has 0 aliphatic carbocycles. The molecule has 0 unspecified atom stereocenters. The number of hydrogen-bond acceptors (Lipinski definition) is 0. The molecule has 14 heavy (non-hydrogen) atoms. The zero-order valence-corrected chi connectivity index (χ0v) is 9.54. The third-order valence-electron chi connectivity index (χ3n) is 2.15. The van der Waals surface area contributed by atoms with E-state index >= 15 is 0 Å². The maximum absolute atomic E-state index is 3.68. The SMILES string of the molecule is C=CCCC=CC=CCCCCCC. The summed E-state index contributed by atoms with van der Waals surface area (Å²) in [4.78, 5) is 0. The van der Waals surface area contributed by atoms with E-state index in [1.807, 2.05) is 6.08 Å². The lowest BCUT2D eigenvalue weighted by Gasteiger charge is -1.92. The van der Waals surface area contributed by atoms with Gasteiger partial charge in [0.25, 0.3) is 0 Å². The first-order valence-electron chi connectivity index (χ1n) is 5.84. The highest BCUT2D eigenvalue weighted by Gasteiger charge is 1.83. The van der Waals surface area contributed by atoms with Gasteiger partial charge in [0.1, 0.15) is 0 Å². The molecule has 0 fully saturated rings. The monoisotopic (exact) mass is 192 g/mol. The van der Waals surface area contributed by atoms with E-state index in [2.05, 4.69) is 37.8 Å². The highest BCUT2D eigenvalue weighted by Crippen LogP contribution is 2.02. The lowest BCUT2D eigenvalue weighted by molar-refractivity contribution is 0.674. The molecule has 0 aliphatic rings. The van der Waals surface area contributed by atoms with Crippen molar-refractivity contribution in [3.05, 3.63) is 37.0 Å². The van der Waals surface area contributed by atoms with Gasteiger partial charge in [-0.2, -0.15) is 0 Å². The van der Waals surface area contributed by atoms with Crippen LogP contribution in [0.3, 0.4) is 0 Å². The molecule has 0 amide bonds. The van der Waals surface area contributed by atoms with Crippen molar-refractivity contribution >= 4 is 0 Å². The quantitative estimate of drug-likeness (QED) is 0.273. The fourth-order valence-electron chi connectivity index (χ4n) is 1.25. The van der Waals surface area contributed by atoms with Crippen LogP contribution in [0.25, 0.3) is 0 Å². The van der Waals surface area contributed by atoms with Crippen LogP contribution in [0.5, 0.6) is 0 Å². The molecule has 0 aliphatic heterocycles. The largest absolute Gasteiger partial charge is 0.103 e. The smallest absolute Gasteiger partial charge is 0.0313 e. The van der Waals surface area contributed by atoms with Gasteiger partial charge >= 0.3 is 0 Å². The van der Waals surface area contributed by atoms with Crippen molar-refractivity contribution in [1.82, 2.24) is 0 Å². The van der Waals surface area contributed by atoms with E-state index in [1.165, 1.54) is 32.1 Å². The highest BCUT2D eigenvalue weighted by atomic mass is 13.9. The second-order valence-corrected chi connectivity index (χ2v) is 3.57. The van der Waals surface area contributed by atoms with Crippen LogP contribution in [0.4, 0.5) is 0 Å². The van der Waals surface area contributed by atoms with Crippen molar-refractivity contribution in [3.63, 3.8) is 0 Å². The lowest BCUT2D eigenvalue weighted by Crippen LogP contribution is -1.73.